The number of benzene rings is 2. The number of amides is 2. The molecule has 0 atom stereocenters. The smallest absolute Gasteiger partial charge is 0.282 e. The van der Waals surface area contributed by atoms with Crippen molar-refractivity contribution in [2.75, 3.05) is 6.61 Å². The van der Waals surface area contributed by atoms with Crippen molar-refractivity contribution >= 4 is 46.4 Å². The molecule has 11 heteroatoms. The molecule has 0 saturated carbocycles. The van der Waals surface area contributed by atoms with Crippen LogP contribution in [-0.4, -0.2) is 28.5 Å². The Morgan fingerprint density at radius 3 is 2.48 bits per heavy atom. The summed E-state index contributed by atoms with van der Waals surface area (Å²) >= 11 is 10.8. The molecule has 0 spiro atoms. The van der Waals surface area contributed by atoms with E-state index in [0.29, 0.717) is 10.8 Å². The number of hydrogen-bond acceptors (Lipinski definition) is 6. The Bertz CT molecular complexity index is 893. The minimum absolute atomic E-state index is 0.161. The number of nitro groups is 1. The second-order valence-corrected chi connectivity index (χ2v) is 5.77. The first-order valence-corrected chi connectivity index (χ1v) is 8.18. The van der Waals surface area contributed by atoms with E-state index in [-0.39, 0.29) is 23.0 Å². The molecule has 0 bridgehead atoms. The van der Waals surface area contributed by atoms with Crippen LogP contribution in [-0.2, 0) is 4.79 Å². The number of halogens is 1. The number of rotatable bonds is 5. The summed E-state index contributed by atoms with van der Waals surface area (Å²) in [5, 5.41) is 13.3. The van der Waals surface area contributed by atoms with Gasteiger partial charge in [-0.05, 0) is 30.4 Å². The SMILES string of the molecule is O=C(COc1ccccc1Cl)NC(=S)NNC(=O)c1ccccc1[N+](=O)[O-]. The van der Waals surface area contributed by atoms with E-state index in [0.717, 1.165) is 0 Å². The van der Waals surface area contributed by atoms with Crippen molar-refractivity contribution in [3.63, 3.8) is 0 Å². The largest absolute Gasteiger partial charge is 0.482 e. The van der Waals surface area contributed by atoms with Gasteiger partial charge in [-0.25, -0.2) is 0 Å². The van der Waals surface area contributed by atoms with Crippen molar-refractivity contribution < 1.29 is 19.2 Å². The molecule has 0 aliphatic heterocycles. The molecule has 0 aliphatic rings. The van der Waals surface area contributed by atoms with Crippen LogP contribution in [0.2, 0.25) is 5.02 Å². The molecule has 2 aromatic rings. The topological polar surface area (TPSA) is 123 Å². The highest BCUT2D eigenvalue weighted by Crippen LogP contribution is 2.22. The number of hydrogen-bond donors (Lipinski definition) is 3. The predicted molar refractivity (Wildman–Crippen MR) is 101 cm³/mol. The van der Waals surface area contributed by atoms with E-state index in [1.54, 1.807) is 24.3 Å². The first kappa shape index (κ1) is 20.1. The number of hydrazine groups is 1. The van der Waals surface area contributed by atoms with Crippen LogP contribution < -0.4 is 20.9 Å². The molecule has 2 rings (SSSR count). The van der Waals surface area contributed by atoms with Gasteiger partial charge in [0.1, 0.15) is 11.3 Å². The third kappa shape index (κ3) is 5.90. The van der Waals surface area contributed by atoms with Crippen LogP contribution in [0.1, 0.15) is 10.4 Å². The zero-order valence-electron chi connectivity index (χ0n) is 13.6. The Morgan fingerprint density at radius 2 is 1.78 bits per heavy atom. The number of carbonyl (C=O) groups is 2. The summed E-state index contributed by atoms with van der Waals surface area (Å²) in [6.07, 6.45) is 0. The fraction of sp³-hybridized carbons (Fsp3) is 0.0625. The second kappa shape index (κ2) is 9.46. The van der Waals surface area contributed by atoms with Crippen molar-refractivity contribution in [3.05, 3.63) is 69.2 Å². The normalized spacial score (nSPS) is 9.81. The number of carbonyl (C=O) groups excluding carboxylic acids is 2. The highest BCUT2D eigenvalue weighted by atomic mass is 35.5. The molecule has 9 nitrogen and oxygen atoms in total. The maximum absolute atomic E-state index is 12.0. The standard InChI is InChI=1S/C16H13ClN4O5S/c17-11-6-2-4-8-13(11)26-9-14(22)18-16(27)20-19-15(23)10-5-1-3-7-12(10)21(24)25/h1-8H,9H2,(H,19,23)(H2,18,20,22,27). The van der Waals surface area contributed by atoms with Crippen LogP contribution in [0.25, 0.3) is 0 Å². The summed E-state index contributed by atoms with van der Waals surface area (Å²) in [7, 11) is 0. The Balaban J connectivity index is 1.82. The molecule has 2 amide bonds. The lowest BCUT2D eigenvalue weighted by molar-refractivity contribution is -0.385. The van der Waals surface area contributed by atoms with Crippen LogP contribution in [0.4, 0.5) is 5.69 Å². The molecule has 0 unspecified atom stereocenters. The maximum Gasteiger partial charge on any atom is 0.282 e. The van der Waals surface area contributed by atoms with E-state index in [2.05, 4.69) is 16.2 Å². The van der Waals surface area contributed by atoms with Gasteiger partial charge in [0.15, 0.2) is 11.7 Å². The number of para-hydroxylation sites is 2. The van der Waals surface area contributed by atoms with Crippen molar-refractivity contribution in [1.82, 2.24) is 16.2 Å². The Hall–Kier alpha value is -3.24. The van der Waals surface area contributed by atoms with Gasteiger partial charge in [-0.1, -0.05) is 35.9 Å². The molecule has 0 heterocycles. The zero-order chi connectivity index (χ0) is 19.8. The monoisotopic (exact) mass is 408 g/mol. The predicted octanol–water partition coefficient (Wildman–Crippen LogP) is 1.96. The van der Waals surface area contributed by atoms with E-state index in [4.69, 9.17) is 28.6 Å². The average Bonchev–Trinajstić information content (AvgIpc) is 2.65. The van der Waals surface area contributed by atoms with Crippen LogP contribution in [0.5, 0.6) is 5.75 Å². The van der Waals surface area contributed by atoms with Gasteiger partial charge in [0.2, 0.25) is 0 Å². The minimum Gasteiger partial charge on any atom is -0.482 e. The van der Waals surface area contributed by atoms with Gasteiger partial charge in [-0.2, -0.15) is 0 Å². The van der Waals surface area contributed by atoms with Crippen molar-refractivity contribution in [3.8, 4) is 5.75 Å². The van der Waals surface area contributed by atoms with Crippen LogP contribution in [0, 0.1) is 10.1 Å². The summed E-state index contributed by atoms with van der Waals surface area (Å²) < 4.78 is 5.24. The third-order valence-corrected chi connectivity index (χ3v) is 3.60. The van der Waals surface area contributed by atoms with Crippen LogP contribution in [0.3, 0.4) is 0 Å². The Morgan fingerprint density at radius 1 is 1.11 bits per heavy atom. The highest BCUT2D eigenvalue weighted by Gasteiger charge is 2.19. The first-order valence-electron chi connectivity index (χ1n) is 7.39. The first-order chi connectivity index (χ1) is 12.9. The quantitative estimate of drug-likeness (QED) is 0.392. The molecule has 3 N–H and O–H groups in total. The molecular weight excluding hydrogens is 396 g/mol. The van der Waals surface area contributed by atoms with E-state index in [1.165, 1.54) is 24.3 Å². The molecule has 0 aliphatic carbocycles. The fourth-order valence-corrected chi connectivity index (χ4v) is 2.26. The average molecular weight is 409 g/mol. The Kier molecular flexibility index (Phi) is 7.03. The summed E-state index contributed by atoms with van der Waals surface area (Å²) in [5.74, 6) is -1.04. The van der Waals surface area contributed by atoms with Crippen LogP contribution in [0.15, 0.2) is 48.5 Å². The van der Waals surface area contributed by atoms with Crippen molar-refractivity contribution in [2.45, 2.75) is 0 Å². The van der Waals surface area contributed by atoms with Crippen molar-refractivity contribution in [1.29, 1.82) is 0 Å². The number of nitro benzene ring substituents is 1. The van der Waals surface area contributed by atoms with Gasteiger partial charge in [0.05, 0.1) is 9.95 Å². The van der Waals surface area contributed by atoms with E-state index in [1.807, 2.05) is 0 Å². The third-order valence-electron chi connectivity index (χ3n) is 3.08. The van der Waals surface area contributed by atoms with E-state index in [9.17, 15) is 19.7 Å². The van der Waals surface area contributed by atoms with Gasteiger partial charge in [0.25, 0.3) is 17.5 Å². The van der Waals surface area contributed by atoms with E-state index < -0.39 is 16.7 Å². The van der Waals surface area contributed by atoms with E-state index >= 15 is 0 Å². The van der Waals surface area contributed by atoms with Gasteiger partial charge in [0, 0.05) is 6.07 Å². The number of nitrogens with zero attached hydrogens (tertiary/aromatic N) is 1. The van der Waals surface area contributed by atoms with Gasteiger partial charge in [-0.15, -0.1) is 0 Å². The lowest BCUT2D eigenvalue weighted by Crippen LogP contribution is -2.49. The second-order valence-electron chi connectivity index (χ2n) is 4.95. The molecule has 0 saturated heterocycles. The molecule has 140 valence electrons. The summed E-state index contributed by atoms with van der Waals surface area (Å²) in [5.41, 5.74) is 3.93. The lowest BCUT2D eigenvalue weighted by Gasteiger charge is -2.11. The maximum atomic E-state index is 12.0. The molecule has 0 radical (unpaired) electrons. The van der Waals surface area contributed by atoms with Gasteiger partial charge >= 0.3 is 0 Å². The summed E-state index contributed by atoms with van der Waals surface area (Å²) in [4.78, 5) is 34.0. The molecule has 2 aromatic carbocycles. The van der Waals surface area contributed by atoms with Gasteiger partial charge < -0.3 is 4.74 Å². The summed E-state index contributed by atoms with van der Waals surface area (Å²) in [6.45, 7) is -0.357. The highest BCUT2D eigenvalue weighted by molar-refractivity contribution is 7.80. The lowest BCUT2D eigenvalue weighted by atomic mass is 10.2. The number of nitrogens with one attached hydrogen (secondary N) is 3. The molecule has 27 heavy (non-hydrogen) atoms. The molecular formula is C16H13ClN4O5S. The van der Waals surface area contributed by atoms with Crippen molar-refractivity contribution in [2.24, 2.45) is 0 Å². The number of thiocarbonyl (C=S) groups is 1. The minimum atomic E-state index is -0.786. The molecule has 0 fully saturated rings. The fourth-order valence-electron chi connectivity index (χ4n) is 1.90. The molecule has 0 aromatic heterocycles. The summed E-state index contributed by atoms with van der Waals surface area (Å²) in [6, 6.07) is 12.0. The number of ether oxygens (including phenoxy) is 1. The van der Waals surface area contributed by atoms with Crippen LogP contribution >= 0.6 is 23.8 Å². The Labute approximate surface area is 163 Å². The van der Waals surface area contributed by atoms with Gasteiger partial charge in [-0.3, -0.25) is 35.9 Å². The zero-order valence-corrected chi connectivity index (χ0v) is 15.2.